The van der Waals surface area contributed by atoms with Gasteiger partial charge in [0.25, 0.3) is 5.91 Å². The van der Waals surface area contributed by atoms with Crippen molar-refractivity contribution in [1.82, 2.24) is 14.9 Å². The van der Waals surface area contributed by atoms with Gasteiger partial charge < -0.3 is 19.0 Å². The number of likely N-dealkylation sites (tertiary alicyclic amines) is 1. The fourth-order valence-corrected chi connectivity index (χ4v) is 3.64. The number of ether oxygens (including phenoxy) is 1. The summed E-state index contributed by atoms with van der Waals surface area (Å²) >= 11 is 0. The molecule has 2 aliphatic heterocycles. The maximum Gasteiger partial charge on any atom is 0.289 e. The summed E-state index contributed by atoms with van der Waals surface area (Å²) in [6.45, 7) is 5.33. The van der Waals surface area contributed by atoms with Crippen molar-refractivity contribution in [1.29, 1.82) is 0 Å². The van der Waals surface area contributed by atoms with Gasteiger partial charge in [-0.15, -0.1) is 0 Å². The molecule has 7 heteroatoms. The second-order valence-corrected chi connectivity index (χ2v) is 6.82. The molecule has 0 bridgehead atoms. The van der Waals surface area contributed by atoms with Crippen LogP contribution in [0.3, 0.4) is 0 Å². The molecule has 4 heterocycles. The van der Waals surface area contributed by atoms with Crippen LogP contribution in [0.2, 0.25) is 0 Å². The Labute approximate surface area is 146 Å². The highest BCUT2D eigenvalue weighted by molar-refractivity contribution is 5.91. The van der Waals surface area contributed by atoms with Crippen LogP contribution in [0.4, 0.5) is 5.95 Å². The van der Waals surface area contributed by atoms with Gasteiger partial charge in [0.2, 0.25) is 5.95 Å². The third kappa shape index (κ3) is 3.24. The lowest BCUT2D eigenvalue weighted by Gasteiger charge is -2.47. The molecule has 4 rings (SSSR count). The van der Waals surface area contributed by atoms with E-state index in [4.69, 9.17) is 9.15 Å². The number of hydrogen-bond donors (Lipinski definition) is 0. The highest BCUT2D eigenvalue weighted by atomic mass is 16.5. The lowest BCUT2D eigenvalue weighted by atomic mass is 9.90. The number of amides is 1. The summed E-state index contributed by atoms with van der Waals surface area (Å²) < 4.78 is 11.4. The Bertz CT molecular complexity index is 727. The number of aromatic nitrogens is 2. The first-order chi connectivity index (χ1) is 12.2. The summed E-state index contributed by atoms with van der Waals surface area (Å²) in [5.41, 5.74) is 0.673. The van der Waals surface area contributed by atoms with E-state index in [1.807, 2.05) is 24.2 Å². The summed E-state index contributed by atoms with van der Waals surface area (Å²) in [6.07, 6.45) is 7.03. The molecule has 1 unspecified atom stereocenters. The van der Waals surface area contributed by atoms with Crippen molar-refractivity contribution in [2.24, 2.45) is 0 Å². The normalized spacial score (nSPS) is 23.9. The van der Waals surface area contributed by atoms with Crippen molar-refractivity contribution in [3.05, 3.63) is 42.1 Å². The van der Waals surface area contributed by atoms with Crippen LogP contribution in [0.5, 0.6) is 0 Å². The molecule has 0 aromatic carbocycles. The van der Waals surface area contributed by atoms with Gasteiger partial charge in [0.1, 0.15) is 5.60 Å². The van der Waals surface area contributed by atoms with Crippen LogP contribution < -0.4 is 4.90 Å². The summed E-state index contributed by atoms with van der Waals surface area (Å²) in [7, 11) is 0. The first-order valence-corrected chi connectivity index (χ1v) is 8.66. The smallest absolute Gasteiger partial charge is 0.289 e. The number of piperidine rings is 1. The van der Waals surface area contributed by atoms with Gasteiger partial charge in [0, 0.05) is 25.5 Å². The molecule has 0 radical (unpaired) electrons. The Hall–Kier alpha value is -2.41. The number of hydrogen-bond acceptors (Lipinski definition) is 6. The minimum atomic E-state index is -0.368. The third-order valence-electron chi connectivity index (χ3n) is 4.86. The molecule has 1 spiro atoms. The summed E-state index contributed by atoms with van der Waals surface area (Å²) in [5.74, 6) is 1.03. The van der Waals surface area contributed by atoms with E-state index < -0.39 is 0 Å². The molecule has 1 amide bonds. The molecule has 1 atom stereocenters. The number of carbonyl (C=O) groups excluding carboxylic acids is 1. The van der Waals surface area contributed by atoms with Crippen LogP contribution in [0.25, 0.3) is 0 Å². The Balaban J connectivity index is 1.50. The zero-order valence-corrected chi connectivity index (χ0v) is 14.4. The van der Waals surface area contributed by atoms with Crippen LogP contribution in [0.15, 0.2) is 35.2 Å². The highest BCUT2D eigenvalue weighted by Crippen LogP contribution is 2.31. The molecule has 2 saturated heterocycles. The van der Waals surface area contributed by atoms with Gasteiger partial charge in [-0.1, -0.05) is 0 Å². The quantitative estimate of drug-likeness (QED) is 0.830. The Morgan fingerprint density at radius 3 is 2.84 bits per heavy atom. The SMILES string of the molecule is Cc1cnc(N2CCOC3(CCCN(C(=O)c4ccco4)C3)C2)nc1. The molecule has 132 valence electrons. The van der Waals surface area contributed by atoms with E-state index in [2.05, 4.69) is 14.9 Å². The largest absolute Gasteiger partial charge is 0.459 e. The average molecular weight is 342 g/mol. The van der Waals surface area contributed by atoms with E-state index in [9.17, 15) is 4.79 Å². The Morgan fingerprint density at radius 2 is 2.08 bits per heavy atom. The summed E-state index contributed by atoms with van der Waals surface area (Å²) in [6, 6.07) is 3.44. The van der Waals surface area contributed by atoms with E-state index in [-0.39, 0.29) is 11.5 Å². The first kappa shape index (κ1) is 16.1. The van der Waals surface area contributed by atoms with Crippen LogP contribution >= 0.6 is 0 Å². The van der Waals surface area contributed by atoms with Gasteiger partial charge >= 0.3 is 0 Å². The van der Waals surface area contributed by atoms with Gasteiger partial charge in [0.05, 0.1) is 26.0 Å². The van der Waals surface area contributed by atoms with Crippen LogP contribution in [-0.2, 0) is 4.74 Å². The molecule has 0 N–H and O–H groups in total. The van der Waals surface area contributed by atoms with Crippen molar-refractivity contribution < 1.29 is 13.9 Å². The molecule has 2 aromatic heterocycles. The number of rotatable bonds is 2. The van der Waals surface area contributed by atoms with E-state index in [1.165, 1.54) is 6.26 Å². The number of morpholine rings is 1. The molecule has 0 aliphatic carbocycles. The van der Waals surface area contributed by atoms with Gasteiger partial charge in [0.15, 0.2) is 5.76 Å². The van der Waals surface area contributed by atoms with Gasteiger partial charge in [-0.05, 0) is 37.5 Å². The zero-order chi connectivity index (χ0) is 17.3. The number of nitrogens with zero attached hydrogens (tertiary/aromatic N) is 4. The topological polar surface area (TPSA) is 71.7 Å². The molecular formula is C18H22N4O3. The predicted molar refractivity (Wildman–Crippen MR) is 91.5 cm³/mol. The van der Waals surface area contributed by atoms with Crippen LogP contribution in [0, 0.1) is 6.92 Å². The maximum atomic E-state index is 12.6. The van der Waals surface area contributed by atoms with Crippen molar-refractivity contribution in [3.63, 3.8) is 0 Å². The highest BCUT2D eigenvalue weighted by Gasteiger charge is 2.42. The minimum Gasteiger partial charge on any atom is -0.459 e. The van der Waals surface area contributed by atoms with Crippen molar-refractivity contribution in [3.8, 4) is 0 Å². The standard InChI is InChI=1S/C18H22N4O3/c1-14-10-19-17(20-11-14)22-7-9-25-18(13-22)5-3-6-21(12-18)16(23)15-4-2-8-24-15/h2,4,8,10-11H,3,5-7,9,12-13H2,1H3. The third-order valence-corrected chi connectivity index (χ3v) is 4.86. The number of anilines is 1. The number of furan rings is 1. The Kier molecular flexibility index (Phi) is 4.17. The van der Waals surface area contributed by atoms with E-state index in [1.54, 1.807) is 12.1 Å². The van der Waals surface area contributed by atoms with E-state index >= 15 is 0 Å². The molecule has 2 aliphatic rings. The monoisotopic (exact) mass is 342 g/mol. The average Bonchev–Trinajstić information content (AvgIpc) is 3.16. The second-order valence-electron chi connectivity index (χ2n) is 6.82. The fraction of sp³-hybridized carbons (Fsp3) is 0.500. The zero-order valence-electron chi connectivity index (χ0n) is 14.4. The molecule has 25 heavy (non-hydrogen) atoms. The van der Waals surface area contributed by atoms with Gasteiger partial charge in [-0.25, -0.2) is 9.97 Å². The maximum absolute atomic E-state index is 12.6. The summed E-state index contributed by atoms with van der Waals surface area (Å²) in [5, 5.41) is 0. The fourth-order valence-electron chi connectivity index (χ4n) is 3.64. The van der Waals surface area contributed by atoms with Crippen LogP contribution in [-0.4, -0.2) is 59.2 Å². The minimum absolute atomic E-state index is 0.0728. The molecule has 2 fully saturated rings. The lowest BCUT2D eigenvalue weighted by Crippen LogP contribution is -2.61. The van der Waals surface area contributed by atoms with Crippen LogP contribution in [0.1, 0.15) is 29.0 Å². The molecule has 7 nitrogen and oxygen atoms in total. The Morgan fingerprint density at radius 1 is 1.24 bits per heavy atom. The first-order valence-electron chi connectivity index (χ1n) is 8.66. The second kappa shape index (κ2) is 6.48. The number of carbonyl (C=O) groups is 1. The van der Waals surface area contributed by atoms with Gasteiger partial charge in [-0.3, -0.25) is 4.79 Å². The lowest BCUT2D eigenvalue weighted by molar-refractivity contribution is -0.0912. The van der Waals surface area contributed by atoms with E-state index in [0.29, 0.717) is 25.5 Å². The molecule has 0 saturated carbocycles. The van der Waals surface area contributed by atoms with Crippen molar-refractivity contribution in [2.45, 2.75) is 25.4 Å². The van der Waals surface area contributed by atoms with Crippen molar-refractivity contribution in [2.75, 3.05) is 37.7 Å². The summed E-state index contributed by atoms with van der Waals surface area (Å²) in [4.78, 5) is 25.5. The molecular weight excluding hydrogens is 320 g/mol. The van der Waals surface area contributed by atoms with Gasteiger partial charge in [-0.2, -0.15) is 0 Å². The molecule has 2 aromatic rings. The van der Waals surface area contributed by atoms with Crippen molar-refractivity contribution >= 4 is 11.9 Å². The van der Waals surface area contributed by atoms with E-state index in [0.717, 1.165) is 37.4 Å². The predicted octanol–water partition coefficient (Wildman–Crippen LogP) is 1.89. The number of aryl methyl sites for hydroxylation is 1.